The molecule has 0 saturated heterocycles. The van der Waals surface area contributed by atoms with Gasteiger partial charge in [-0.25, -0.2) is 9.97 Å². The van der Waals surface area contributed by atoms with E-state index < -0.39 is 0 Å². The number of thiazole rings is 1. The second-order valence-electron chi connectivity index (χ2n) is 3.27. The third-order valence-corrected chi connectivity index (χ3v) is 3.09. The van der Waals surface area contributed by atoms with E-state index in [0.717, 1.165) is 11.0 Å². The highest BCUT2D eigenvalue weighted by molar-refractivity contribution is 7.11. The molecule has 0 aliphatic rings. The number of hydrogen-bond acceptors (Lipinski definition) is 4. The molecule has 3 heterocycles. The lowest BCUT2D eigenvalue weighted by molar-refractivity contribution is 0.104. The predicted octanol–water partition coefficient (Wildman–Crippen LogP) is 2.25. The van der Waals surface area contributed by atoms with Gasteiger partial charge in [0, 0.05) is 29.4 Å². The summed E-state index contributed by atoms with van der Waals surface area (Å²) in [5.41, 5.74) is 1.35. The van der Waals surface area contributed by atoms with E-state index in [1.54, 1.807) is 24.0 Å². The number of carbonyl (C=O) groups is 1. The van der Waals surface area contributed by atoms with Gasteiger partial charge in [0.2, 0.25) is 5.78 Å². The maximum Gasteiger partial charge on any atom is 0.223 e. The van der Waals surface area contributed by atoms with Crippen molar-refractivity contribution in [2.75, 3.05) is 0 Å². The lowest BCUT2D eigenvalue weighted by Gasteiger charge is -1.93. The summed E-state index contributed by atoms with van der Waals surface area (Å²) in [4.78, 5) is 23.2. The molecule has 0 unspecified atom stereocenters. The quantitative estimate of drug-likeness (QED) is 0.685. The third kappa shape index (κ3) is 1.33. The lowest BCUT2D eigenvalue weighted by Crippen LogP contribution is -1.98. The summed E-state index contributed by atoms with van der Waals surface area (Å²) in [6.45, 7) is 0. The van der Waals surface area contributed by atoms with Crippen molar-refractivity contribution in [1.82, 2.24) is 15.0 Å². The molecule has 0 aliphatic heterocycles. The molecule has 0 atom stereocenters. The van der Waals surface area contributed by atoms with Crippen LogP contribution in [0.5, 0.6) is 0 Å². The molecule has 0 radical (unpaired) electrons. The first-order valence-electron chi connectivity index (χ1n) is 4.72. The van der Waals surface area contributed by atoms with Crippen LogP contribution in [0.2, 0.25) is 0 Å². The van der Waals surface area contributed by atoms with Crippen molar-refractivity contribution in [1.29, 1.82) is 0 Å². The van der Waals surface area contributed by atoms with E-state index in [0.29, 0.717) is 10.6 Å². The van der Waals surface area contributed by atoms with Gasteiger partial charge in [-0.2, -0.15) is 0 Å². The molecule has 0 saturated carbocycles. The zero-order valence-corrected chi connectivity index (χ0v) is 8.99. The highest BCUT2D eigenvalue weighted by Gasteiger charge is 2.16. The normalized spacial score (nSPS) is 10.8. The van der Waals surface area contributed by atoms with Crippen LogP contribution in [0.3, 0.4) is 0 Å². The van der Waals surface area contributed by atoms with Crippen molar-refractivity contribution < 1.29 is 4.79 Å². The first kappa shape index (κ1) is 9.23. The van der Waals surface area contributed by atoms with Gasteiger partial charge in [0.1, 0.15) is 5.65 Å². The van der Waals surface area contributed by atoms with E-state index in [9.17, 15) is 4.79 Å². The van der Waals surface area contributed by atoms with E-state index in [1.807, 2.05) is 12.1 Å². The van der Waals surface area contributed by atoms with Gasteiger partial charge in [-0.3, -0.25) is 4.79 Å². The minimum absolute atomic E-state index is 0.0609. The molecule has 1 N–H and O–H groups in total. The zero-order valence-electron chi connectivity index (χ0n) is 8.18. The van der Waals surface area contributed by atoms with E-state index in [1.165, 1.54) is 11.3 Å². The summed E-state index contributed by atoms with van der Waals surface area (Å²) in [5.74, 6) is -0.0609. The van der Waals surface area contributed by atoms with Crippen LogP contribution in [0.25, 0.3) is 11.0 Å². The molecule has 0 fully saturated rings. The summed E-state index contributed by atoms with van der Waals surface area (Å²) in [6, 6.07) is 3.69. The molecular weight excluding hydrogens is 222 g/mol. The second kappa shape index (κ2) is 3.53. The Morgan fingerprint density at radius 2 is 2.25 bits per heavy atom. The van der Waals surface area contributed by atoms with Gasteiger partial charge in [-0.15, -0.1) is 11.3 Å². The van der Waals surface area contributed by atoms with Crippen LogP contribution < -0.4 is 0 Å². The lowest BCUT2D eigenvalue weighted by atomic mass is 10.1. The molecule has 5 heteroatoms. The molecular formula is C11H7N3OS. The summed E-state index contributed by atoms with van der Waals surface area (Å²) in [6.07, 6.45) is 5.00. The predicted molar refractivity (Wildman–Crippen MR) is 61.6 cm³/mol. The molecule has 0 bridgehead atoms. The van der Waals surface area contributed by atoms with Crippen molar-refractivity contribution in [3.05, 3.63) is 46.7 Å². The Labute approximate surface area is 95.0 Å². The fraction of sp³-hybridized carbons (Fsp3) is 0. The molecule has 0 amide bonds. The van der Waals surface area contributed by atoms with E-state index in [2.05, 4.69) is 15.0 Å². The second-order valence-corrected chi connectivity index (χ2v) is 4.16. The number of H-pyrrole nitrogens is 1. The van der Waals surface area contributed by atoms with E-state index in [-0.39, 0.29) is 5.78 Å². The molecule has 78 valence electrons. The van der Waals surface area contributed by atoms with Gasteiger partial charge in [0.15, 0.2) is 5.01 Å². The summed E-state index contributed by atoms with van der Waals surface area (Å²) in [5, 5.41) is 3.13. The van der Waals surface area contributed by atoms with Crippen molar-refractivity contribution in [3.8, 4) is 0 Å². The number of carbonyl (C=O) groups excluding carboxylic acids is 1. The van der Waals surface area contributed by atoms with Crippen LogP contribution >= 0.6 is 11.3 Å². The fourth-order valence-corrected chi connectivity index (χ4v) is 2.18. The number of rotatable bonds is 2. The van der Waals surface area contributed by atoms with Gasteiger partial charge in [-0.1, -0.05) is 0 Å². The first-order chi connectivity index (χ1) is 7.86. The number of nitrogens with one attached hydrogen (secondary N) is 1. The minimum atomic E-state index is -0.0609. The Hall–Kier alpha value is -2.01. The first-order valence-corrected chi connectivity index (χ1v) is 5.60. The van der Waals surface area contributed by atoms with Gasteiger partial charge in [0.05, 0.1) is 5.56 Å². The number of nitrogens with zero attached hydrogens (tertiary/aromatic N) is 2. The number of hydrogen-bond donors (Lipinski definition) is 1. The molecule has 16 heavy (non-hydrogen) atoms. The van der Waals surface area contributed by atoms with Gasteiger partial charge in [-0.05, 0) is 12.1 Å². The van der Waals surface area contributed by atoms with E-state index in [4.69, 9.17) is 0 Å². The Morgan fingerprint density at radius 3 is 3.06 bits per heavy atom. The van der Waals surface area contributed by atoms with Crippen molar-refractivity contribution in [2.45, 2.75) is 0 Å². The zero-order chi connectivity index (χ0) is 11.0. The topological polar surface area (TPSA) is 58.6 Å². The Balaban J connectivity index is 2.16. The maximum atomic E-state index is 12.1. The van der Waals surface area contributed by atoms with Crippen LogP contribution in [-0.2, 0) is 0 Å². The molecule has 4 nitrogen and oxygen atoms in total. The average Bonchev–Trinajstić information content (AvgIpc) is 2.98. The van der Waals surface area contributed by atoms with Crippen LogP contribution in [0.15, 0.2) is 36.1 Å². The molecule has 3 aromatic rings. The van der Waals surface area contributed by atoms with Gasteiger partial charge < -0.3 is 4.98 Å². The number of fused-ring (bicyclic) bond motifs is 1. The van der Waals surface area contributed by atoms with Crippen molar-refractivity contribution in [2.24, 2.45) is 0 Å². The van der Waals surface area contributed by atoms with Crippen LogP contribution in [0.4, 0.5) is 0 Å². The van der Waals surface area contributed by atoms with Crippen LogP contribution in [0, 0.1) is 0 Å². The molecule has 3 rings (SSSR count). The number of aromatic nitrogens is 3. The minimum Gasteiger partial charge on any atom is -0.345 e. The third-order valence-electron chi connectivity index (χ3n) is 2.32. The largest absolute Gasteiger partial charge is 0.345 e. The van der Waals surface area contributed by atoms with Gasteiger partial charge in [0.25, 0.3) is 0 Å². The number of ketones is 1. The van der Waals surface area contributed by atoms with Crippen LogP contribution in [0.1, 0.15) is 15.4 Å². The van der Waals surface area contributed by atoms with Crippen molar-refractivity contribution >= 4 is 28.2 Å². The van der Waals surface area contributed by atoms with Crippen LogP contribution in [-0.4, -0.2) is 20.7 Å². The van der Waals surface area contributed by atoms with E-state index >= 15 is 0 Å². The van der Waals surface area contributed by atoms with Crippen molar-refractivity contribution in [3.63, 3.8) is 0 Å². The highest BCUT2D eigenvalue weighted by Crippen LogP contribution is 2.20. The summed E-state index contributed by atoms with van der Waals surface area (Å²) >= 11 is 1.34. The molecule has 0 aliphatic carbocycles. The smallest absolute Gasteiger partial charge is 0.223 e. The SMILES string of the molecule is O=C(c1nccs1)c1c[nH]c2ncccc12. The number of pyridine rings is 1. The summed E-state index contributed by atoms with van der Waals surface area (Å²) < 4.78 is 0. The Bertz CT molecular complexity index is 642. The average molecular weight is 229 g/mol. The van der Waals surface area contributed by atoms with Gasteiger partial charge >= 0.3 is 0 Å². The molecule has 0 aromatic carbocycles. The Morgan fingerprint density at radius 1 is 1.31 bits per heavy atom. The fourth-order valence-electron chi connectivity index (χ4n) is 1.59. The molecule has 3 aromatic heterocycles. The highest BCUT2D eigenvalue weighted by atomic mass is 32.1. The Kier molecular flexibility index (Phi) is 2.04. The number of aromatic amines is 1. The monoisotopic (exact) mass is 229 g/mol. The molecule has 0 spiro atoms. The standard InChI is InChI=1S/C11H7N3OS/c15-9(11-13-4-5-16-11)8-6-14-10-7(8)2-1-3-12-10/h1-6H,(H,12,14). The maximum absolute atomic E-state index is 12.1. The summed E-state index contributed by atoms with van der Waals surface area (Å²) in [7, 11) is 0.